The Morgan fingerprint density at radius 1 is 1.18 bits per heavy atom. The SMILES string of the molecule is CCNC(=NCC(O)c1cccc(OC(C)C)c1)NCCN(CC)C(C)C.I. The van der Waals surface area contributed by atoms with Gasteiger partial charge in [0.15, 0.2) is 5.96 Å². The van der Waals surface area contributed by atoms with Crippen molar-refractivity contribution in [1.82, 2.24) is 15.5 Å². The van der Waals surface area contributed by atoms with Gasteiger partial charge in [-0.15, -0.1) is 24.0 Å². The molecular weight excluding hydrogens is 467 g/mol. The lowest BCUT2D eigenvalue weighted by Gasteiger charge is -2.25. The van der Waals surface area contributed by atoms with Crippen molar-refractivity contribution in [3.05, 3.63) is 29.8 Å². The summed E-state index contributed by atoms with van der Waals surface area (Å²) in [6.45, 7) is 16.5. The molecule has 0 aliphatic heterocycles. The van der Waals surface area contributed by atoms with Crippen LogP contribution in [0, 0.1) is 0 Å². The highest BCUT2D eigenvalue weighted by atomic mass is 127. The summed E-state index contributed by atoms with van der Waals surface area (Å²) in [4.78, 5) is 6.93. The zero-order chi connectivity index (χ0) is 20.2. The molecule has 162 valence electrons. The number of aliphatic hydroxyl groups excluding tert-OH is 1. The first kappa shape index (κ1) is 26.9. The largest absolute Gasteiger partial charge is 0.491 e. The lowest BCUT2D eigenvalue weighted by Crippen LogP contribution is -2.43. The van der Waals surface area contributed by atoms with Gasteiger partial charge in [0.1, 0.15) is 5.75 Å². The molecule has 1 unspecified atom stereocenters. The zero-order valence-electron chi connectivity index (χ0n) is 18.2. The molecule has 0 heterocycles. The predicted octanol–water partition coefficient (Wildman–Crippen LogP) is 3.41. The van der Waals surface area contributed by atoms with Gasteiger partial charge in [0.2, 0.25) is 0 Å². The third kappa shape index (κ3) is 10.5. The number of benzene rings is 1. The highest BCUT2D eigenvalue weighted by Crippen LogP contribution is 2.20. The molecule has 0 saturated heterocycles. The summed E-state index contributed by atoms with van der Waals surface area (Å²) in [5.74, 6) is 1.50. The number of nitrogens with one attached hydrogen (secondary N) is 2. The lowest BCUT2D eigenvalue weighted by molar-refractivity contribution is 0.185. The minimum absolute atomic E-state index is 0. The van der Waals surface area contributed by atoms with Crippen LogP contribution in [0.4, 0.5) is 0 Å². The molecule has 0 saturated carbocycles. The van der Waals surface area contributed by atoms with Crippen LogP contribution in [0.2, 0.25) is 0 Å². The summed E-state index contributed by atoms with van der Waals surface area (Å²) < 4.78 is 5.70. The third-order valence-electron chi connectivity index (χ3n) is 4.21. The van der Waals surface area contributed by atoms with E-state index in [1.54, 1.807) is 0 Å². The van der Waals surface area contributed by atoms with Crippen LogP contribution in [-0.4, -0.2) is 60.8 Å². The molecule has 3 N–H and O–H groups in total. The Morgan fingerprint density at radius 3 is 2.46 bits per heavy atom. The number of nitrogens with zero attached hydrogens (tertiary/aromatic N) is 2. The van der Waals surface area contributed by atoms with Gasteiger partial charge in [0, 0.05) is 25.7 Å². The third-order valence-corrected chi connectivity index (χ3v) is 4.21. The molecule has 0 spiro atoms. The van der Waals surface area contributed by atoms with Gasteiger partial charge >= 0.3 is 0 Å². The molecule has 1 aromatic carbocycles. The van der Waals surface area contributed by atoms with Gasteiger partial charge in [-0.2, -0.15) is 0 Å². The number of hydrogen-bond acceptors (Lipinski definition) is 4. The van der Waals surface area contributed by atoms with Gasteiger partial charge < -0.3 is 20.5 Å². The number of hydrogen-bond donors (Lipinski definition) is 3. The first-order chi connectivity index (χ1) is 12.9. The minimum atomic E-state index is -0.668. The highest BCUT2D eigenvalue weighted by Gasteiger charge is 2.10. The van der Waals surface area contributed by atoms with Crippen molar-refractivity contribution in [2.75, 3.05) is 32.7 Å². The van der Waals surface area contributed by atoms with Crippen LogP contribution >= 0.6 is 24.0 Å². The fourth-order valence-electron chi connectivity index (χ4n) is 2.79. The molecule has 7 heteroatoms. The molecule has 0 bridgehead atoms. The molecule has 1 rings (SSSR count). The maximum Gasteiger partial charge on any atom is 0.191 e. The molecule has 0 fully saturated rings. The van der Waals surface area contributed by atoms with Gasteiger partial charge in [-0.05, 0) is 58.9 Å². The maximum absolute atomic E-state index is 10.5. The minimum Gasteiger partial charge on any atom is -0.491 e. The Labute approximate surface area is 188 Å². The smallest absolute Gasteiger partial charge is 0.191 e. The van der Waals surface area contributed by atoms with E-state index < -0.39 is 6.10 Å². The van der Waals surface area contributed by atoms with E-state index in [0.717, 1.165) is 43.5 Å². The number of guanidine groups is 1. The first-order valence-electron chi connectivity index (χ1n) is 10.1. The van der Waals surface area contributed by atoms with E-state index >= 15 is 0 Å². The van der Waals surface area contributed by atoms with Crippen LogP contribution in [0.25, 0.3) is 0 Å². The second-order valence-corrected chi connectivity index (χ2v) is 7.12. The Morgan fingerprint density at radius 2 is 1.89 bits per heavy atom. The number of aliphatic hydroxyl groups is 1. The van der Waals surface area contributed by atoms with Crippen LogP contribution < -0.4 is 15.4 Å². The van der Waals surface area contributed by atoms with Crippen molar-refractivity contribution in [1.29, 1.82) is 0 Å². The Kier molecular flexibility index (Phi) is 14.3. The summed E-state index contributed by atoms with van der Waals surface area (Å²) in [5.41, 5.74) is 0.810. The maximum atomic E-state index is 10.5. The van der Waals surface area contributed by atoms with Crippen LogP contribution in [0.3, 0.4) is 0 Å². The Hall–Kier alpha value is -1.06. The van der Waals surface area contributed by atoms with Crippen LogP contribution in [0.5, 0.6) is 5.75 Å². The van der Waals surface area contributed by atoms with Crippen molar-refractivity contribution in [2.45, 2.75) is 59.8 Å². The molecule has 1 aromatic rings. The van der Waals surface area contributed by atoms with E-state index in [-0.39, 0.29) is 30.1 Å². The van der Waals surface area contributed by atoms with Crippen molar-refractivity contribution in [3.63, 3.8) is 0 Å². The molecule has 0 aliphatic carbocycles. The van der Waals surface area contributed by atoms with E-state index in [4.69, 9.17) is 4.74 Å². The number of halogens is 1. The molecule has 6 nitrogen and oxygen atoms in total. The quantitative estimate of drug-likeness (QED) is 0.244. The first-order valence-corrected chi connectivity index (χ1v) is 10.1. The Balaban J connectivity index is 0.00000729. The average molecular weight is 506 g/mol. The van der Waals surface area contributed by atoms with Gasteiger partial charge in [-0.1, -0.05) is 19.1 Å². The standard InChI is InChI=1S/C21H38N4O2.HI/c1-7-22-21(23-12-13-25(8-2)16(3)4)24-15-20(26)18-10-9-11-19(14-18)27-17(5)6;/h9-11,14,16-17,20,26H,7-8,12-13,15H2,1-6H3,(H2,22,23,24);1H. The molecule has 0 amide bonds. The van der Waals surface area contributed by atoms with Gasteiger partial charge in [0.25, 0.3) is 0 Å². The highest BCUT2D eigenvalue weighted by molar-refractivity contribution is 14.0. The summed E-state index contributed by atoms with van der Waals surface area (Å²) >= 11 is 0. The predicted molar refractivity (Wildman–Crippen MR) is 129 cm³/mol. The monoisotopic (exact) mass is 506 g/mol. The number of ether oxygens (including phenoxy) is 1. The lowest BCUT2D eigenvalue weighted by atomic mass is 10.1. The second-order valence-electron chi connectivity index (χ2n) is 7.12. The van der Waals surface area contributed by atoms with Crippen molar-refractivity contribution >= 4 is 29.9 Å². The van der Waals surface area contributed by atoms with Crippen molar-refractivity contribution in [3.8, 4) is 5.75 Å². The van der Waals surface area contributed by atoms with Gasteiger partial charge in [-0.3, -0.25) is 9.89 Å². The summed E-state index contributed by atoms with van der Waals surface area (Å²) in [5, 5.41) is 17.1. The van der Waals surface area contributed by atoms with E-state index in [2.05, 4.69) is 41.3 Å². The summed E-state index contributed by atoms with van der Waals surface area (Å²) in [7, 11) is 0. The van der Waals surface area contributed by atoms with E-state index in [1.807, 2.05) is 45.0 Å². The number of aliphatic imine (C=N–C) groups is 1. The zero-order valence-corrected chi connectivity index (χ0v) is 20.6. The fraction of sp³-hybridized carbons (Fsp3) is 0.667. The normalized spacial score (nSPS) is 12.9. The summed E-state index contributed by atoms with van der Waals surface area (Å²) in [6, 6.07) is 8.10. The van der Waals surface area contributed by atoms with Crippen LogP contribution in [0.15, 0.2) is 29.3 Å². The fourth-order valence-corrected chi connectivity index (χ4v) is 2.79. The molecule has 1 atom stereocenters. The van der Waals surface area contributed by atoms with E-state index in [1.165, 1.54) is 0 Å². The van der Waals surface area contributed by atoms with Gasteiger partial charge in [-0.25, -0.2) is 0 Å². The van der Waals surface area contributed by atoms with Gasteiger partial charge in [0.05, 0.1) is 18.8 Å². The summed E-state index contributed by atoms with van der Waals surface area (Å²) in [6.07, 6.45) is -0.563. The molecular formula is C21H39IN4O2. The van der Waals surface area contributed by atoms with Crippen molar-refractivity contribution in [2.24, 2.45) is 4.99 Å². The molecule has 0 radical (unpaired) electrons. The molecule has 0 aromatic heterocycles. The van der Waals surface area contributed by atoms with Crippen LogP contribution in [-0.2, 0) is 0 Å². The van der Waals surface area contributed by atoms with Crippen LogP contribution in [0.1, 0.15) is 53.2 Å². The van der Waals surface area contributed by atoms with E-state index in [9.17, 15) is 5.11 Å². The number of likely N-dealkylation sites (N-methyl/N-ethyl adjacent to an activating group) is 1. The second kappa shape index (κ2) is 14.9. The van der Waals surface area contributed by atoms with E-state index in [0.29, 0.717) is 12.6 Å². The molecule has 28 heavy (non-hydrogen) atoms. The van der Waals surface area contributed by atoms with Crippen molar-refractivity contribution < 1.29 is 9.84 Å². The topological polar surface area (TPSA) is 69.1 Å². The number of rotatable bonds is 11. The Bertz CT molecular complexity index is 567. The molecule has 0 aliphatic rings. The average Bonchev–Trinajstić information content (AvgIpc) is 2.62.